The van der Waals surface area contributed by atoms with Gasteiger partial charge >= 0.3 is 0 Å². The normalized spacial score (nSPS) is 10.3. The van der Waals surface area contributed by atoms with Crippen LogP contribution in [0.25, 0.3) is 0 Å². The summed E-state index contributed by atoms with van der Waals surface area (Å²) in [7, 11) is 0. The smallest absolute Gasteiger partial charge is 0.260 e. The van der Waals surface area contributed by atoms with Crippen molar-refractivity contribution in [2.75, 3.05) is 5.32 Å². The van der Waals surface area contributed by atoms with Crippen molar-refractivity contribution < 1.29 is 18.0 Å². The maximum absolute atomic E-state index is 13.5. The van der Waals surface area contributed by atoms with E-state index in [0.717, 1.165) is 18.2 Å². The molecule has 1 N–H and O–H groups in total. The molecule has 0 aliphatic carbocycles. The van der Waals surface area contributed by atoms with Gasteiger partial charge in [-0.3, -0.25) is 4.79 Å². The third-order valence-corrected chi connectivity index (χ3v) is 2.68. The topological polar surface area (TPSA) is 29.1 Å². The molecule has 98 valence electrons. The van der Waals surface area contributed by atoms with Gasteiger partial charge in [0, 0.05) is 6.07 Å². The standard InChI is InChI=1S/C13H7ClF3NO/c14-8-2-1-3-9(16)12(8)13(19)18-11-5-4-7(15)6-10(11)17/h1-6H,(H,18,19). The second-order valence-electron chi connectivity index (χ2n) is 3.67. The molecule has 0 unspecified atom stereocenters. The molecule has 0 fully saturated rings. The van der Waals surface area contributed by atoms with Gasteiger partial charge in [0.15, 0.2) is 0 Å². The molecule has 2 nitrogen and oxygen atoms in total. The molecule has 6 heteroatoms. The highest BCUT2D eigenvalue weighted by Gasteiger charge is 2.17. The van der Waals surface area contributed by atoms with E-state index in [-0.39, 0.29) is 10.7 Å². The van der Waals surface area contributed by atoms with Crippen LogP contribution in [0.4, 0.5) is 18.9 Å². The maximum Gasteiger partial charge on any atom is 0.260 e. The second-order valence-corrected chi connectivity index (χ2v) is 4.08. The highest BCUT2D eigenvalue weighted by Crippen LogP contribution is 2.22. The third kappa shape index (κ3) is 2.88. The first-order valence-electron chi connectivity index (χ1n) is 5.19. The van der Waals surface area contributed by atoms with Gasteiger partial charge in [0.1, 0.15) is 17.5 Å². The summed E-state index contributed by atoms with van der Waals surface area (Å²) in [6.45, 7) is 0. The first-order chi connectivity index (χ1) is 8.99. The van der Waals surface area contributed by atoms with Gasteiger partial charge in [0.2, 0.25) is 0 Å². The van der Waals surface area contributed by atoms with Gasteiger partial charge in [-0.25, -0.2) is 13.2 Å². The minimum Gasteiger partial charge on any atom is -0.319 e. The number of hydrogen-bond donors (Lipinski definition) is 1. The number of benzene rings is 2. The van der Waals surface area contributed by atoms with Crippen molar-refractivity contribution in [1.29, 1.82) is 0 Å². The average Bonchev–Trinajstić information content (AvgIpc) is 2.32. The molecule has 0 heterocycles. The van der Waals surface area contributed by atoms with E-state index in [1.165, 1.54) is 12.1 Å². The van der Waals surface area contributed by atoms with Crippen LogP contribution >= 0.6 is 11.6 Å². The second kappa shape index (κ2) is 5.32. The molecule has 0 bridgehead atoms. The van der Waals surface area contributed by atoms with E-state index in [9.17, 15) is 18.0 Å². The van der Waals surface area contributed by atoms with Crippen molar-refractivity contribution in [2.24, 2.45) is 0 Å². The van der Waals surface area contributed by atoms with Crippen LogP contribution in [0.1, 0.15) is 10.4 Å². The Morgan fingerprint density at radius 3 is 2.42 bits per heavy atom. The lowest BCUT2D eigenvalue weighted by molar-refractivity contribution is 0.102. The fourth-order valence-electron chi connectivity index (χ4n) is 1.49. The highest BCUT2D eigenvalue weighted by atomic mass is 35.5. The largest absolute Gasteiger partial charge is 0.319 e. The van der Waals surface area contributed by atoms with Crippen LogP contribution in [0.5, 0.6) is 0 Å². The Morgan fingerprint density at radius 2 is 1.79 bits per heavy atom. The Kier molecular flexibility index (Phi) is 3.76. The quantitative estimate of drug-likeness (QED) is 0.887. The van der Waals surface area contributed by atoms with Gasteiger partial charge in [-0.1, -0.05) is 17.7 Å². The number of carbonyl (C=O) groups is 1. The minimum absolute atomic E-state index is 0.0972. The summed E-state index contributed by atoms with van der Waals surface area (Å²) in [6.07, 6.45) is 0. The van der Waals surface area contributed by atoms with Crippen molar-refractivity contribution in [1.82, 2.24) is 0 Å². The Bertz CT molecular complexity index is 626. The van der Waals surface area contributed by atoms with Crippen molar-refractivity contribution in [3.8, 4) is 0 Å². The first kappa shape index (κ1) is 13.4. The summed E-state index contributed by atoms with van der Waals surface area (Å²) in [5.74, 6) is -3.47. The van der Waals surface area contributed by atoms with E-state index in [1.54, 1.807) is 0 Å². The predicted molar refractivity (Wildman–Crippen MR) is 65.7 cm³/mol. The molecule has 2 aromatic carbocycles. The van der Waals surface area contributed by atoms with Crippen molar-refractivity contribution in [2.45, 2.75) is 0 Å². The van der Waals surface area contributed by atoms with Crippen LogP contribution in [0, 0.1) is 17.5 Å². The zero-order valence-corrected chi connectivity index (χ0v) is 10.1. The fourth-order valence-corrected chi connectivity index (χ4v) is 1.74. The summed E-state index contributed by atoms with van der Waals surface area (Å²) in [5.41, 5.74) is -0.654. The third-order valence-electron chi connectivity index (χ3n) is 2.37. The van der Waals surface area contributed by atoms with Gasteiger partial charge in [0.25, 0.3) is 5.91 Å². The zero-order chi connectivity index (χ0) is 14.0. The van der Waals surface area contributed by atoms with Gasteiger partial charge < -0.3 is 5.32 Å². The lowest BCUT2D eigenvalue weighted by atomic mass is 10.2. The van der Waals surface area contributed by atoms with E-state index >= 15 is 0 Å². The van der Waals surface area contributed by atoms with Gasteiger partial charge in [0.05, 0.1) is 16.3 Å². The molecule has 19 heavy (non-hydrogen) atoms. The number of carbonyl (C=O) groups excluding carboxylic acids is 1. The zero-order valence-electron chi connectivity index (χ0n) is 9.38. The van der Waals surface area contributed by atoms with Crippen LogP contribution in [-0.4, -0.2) is 5.91 Å². The van der Waals surface area contributed by atoms with Crippen molar-refractivity contribution in [3.63, 3.8) is 0 Å². The molecular formula is C13H7ClF3NO. The minimum atomic E-state index is -0.958. The number of rotatable bonds is 2. The van der Waals surface area contributed by atoms with Crippen LogP contribution in [0.3, 0.4) is 0 Å². The Balaban J connectivity index is 2.31. The van der Waals surface area contributed by atoms with E-state index in [0.29, 0.717) is 6.07 Å². The SMILES string of the molecule is O=C(Nc1ccc(F)cc1F)c1c(F)cccc1Cl. The highest BCUT2D eigenvalue weighted by molar-refractivity contribution is 6.34. The maximum atomic E-state index is 13.5. The number of amides is 1. The van der Waals surface area contributed by atoms with Crippen LogP contribution < -0.4 is 5.32 Å². The predicted octanol–water partition coefficient (Wildman–Crippen LogP) is 4.01. The molecule has 0 atom stereocenters. The summed E-state index contributed by atoms with van der Waals surface area (Å²) in [6, 6.07) is 6.35. The molecular weight excluding hydrogens is 279 g/mol. The molecule has 2 rings (SSSR count). The van der Waals surface area contributed by atoms with Gasteiger partial charge in [-0.05, 0) is 24.3 Å². The summed E-state index contributed by atoms with van der Waals surface area (Å²) >= 11 is 5.70. The molecule has 0 saturated heterocycles. The Hall–Kier alpha value is -2.01. The number of nitrogens with one attached hydrogen (secondary N) is 1. The van der Waals surface area contributed by atoms with E-state index < -0.39 is 28.9 Å². The molecule has 0 aliphatic rings. The molecule has 0 spiro atoms. The van der Waals surface area contributed by atoms with Crippen molar-refractivity contribution in [3.05, 3.63) is 64.4 Å². The number of halogens is 4. The van der Waals surface area contributed by atoms with E-state index in [4.69, 9.17) is 11.6 Å². The number of hydrogen-bond acceptors (Lipinski definition) is 1. The Labute approximate surface area is 111 Å². The van der Waals surface area contributed by atoms with Gasteiger partial charge in [-0.2, -0.15) is 0 Å². The lowest BCUT2D eigenvalue weighted by Gasteiger charge is -2.08. The van der Waals surface area contributed by atoms with E-state index in [2.05, 4.69) is 5.32 Å². The van der Waals surface area contributed by atoms with Gasteiger partial charge in [-0.15, -0.1) is 0 Å². The molecule has 0 aromatic heterocycles. The van der Waals surface area contributed by atoms with Crippen molar-refractivity contribution >= 4 is 23.2 Å². The summed E-state index contributed by atoms with van der Waals surface area (Å²) < 4.78 is 39.5. The first-order valence-corrected chi connectivity index (χ1v) is 5.57. The average molecular weight is 286 g/mol. The Morgan fingerprint density at radius 1 is 1.05 bits per heavy atom. The summed E-state index contributed by atoms with van der Waals surface area (Å²) in [4.78, 5) is 11.8. The monoisotopic (exact) mass is 285 g/mol. The van der Waals surface area contributed by atoms with Crippen LogP contribution in [0.2, 0.25) is 5.02 Å². The molecule has 0 radical (unpaired) electrons. The summed E-state index contributed by atoms with van der Waals surface area (Å²) in [5, 5.41) is 2.03. The molecule has 0 aliphatic heterocycles. The van der Waals surface area contributed by atoms with Crippen LogP contribution in [0.15, 0.2) is 36.4 Å². The molecule has 2 aromatic rings. The fraction of sp³-hybridized carbons (Fsp3) is 0. The van der Waals surface area contributed by atoms with Crippen LogP contribution in [-0.2, 0) is 0 Å². The van der Waals surface area contributed by atoms with E-state index in [1.807, 2.05) is 0 Å². The molecule has 1 amide bonds. The lowest BCUT2D eigenvalue weighted by Crippen LogP contribution is -2.15. The molecule has 0 saturated carbocycles. The number of anilines is 1.